The van der Waals surface area contributed by atoms with Gasteiger partial charge in [-0.2, -0.15) is 0 Å². The number of hydrogen-bond donors (Lipinski definition) is 0. The lowest BCUT2D eigenvalue weighted by Crippen LogP contribution is -2.14. The maximum Gasteiger partial charge on any atom is 0.160 e. The van der Waals surface area contributed by atoms with Crippen LogP contribution in [0.5, 0.6) is 0 Å². The van der Waals surface area contributed by atoms with Crippen molar-refractivity contribution < 1.29 is 0 Å². The van der Waals surface area contributed by atoms with Crippen molar-refractivity contribution in [3.8, 4) is 33.8 Å². The van der Waals surface area contributed by atoms with Crippen LogP contribution in [0.25, 0.3) is 85.0 Å². The molecule has 3 heterocycles. The second-order valence-corrected chi connectivity index (χ2v) is 14.7. The largest absolute Gasteiger partial charge is 0.226 e. The van der Waals surface area contributed by atoms with Gasteiger partial charge in [0, 0.05) is 52.4 Å². The summed E-state index contributed by atoms with van der Waals surface area (Å²) in [6.45, 7) is 4.70. The van der Waals surface area contributed by atoms with E-state index in [9.17, 15) is 0 Å². The normalized spacial score (nSPS) is 13.7. The zero-order valence-corrected chi connectivity index (χ0v) is 26.4. The molecule has 0 atom stereocenters. The van der Waals surface area contributed by atoms with Crippen LogP contribution in [0.15, 0.2) is 121 Å². The Bertz CT molecular complexity index is 2690. The summed E-state index contributed by atoms with van der Waals surface area (Å²) >= 11 is 3.69. The summed E-state index contributed by atoms with van der Waals surface area (Å²) < 4.78 is 5.03. The van der Waals surface area contributed by atoms with Crippen molar-refractivity contribution in [2.45, 2.75) is 19.3 Å². The van der Waals surface area contributed by atoms with E-state index < -0.39 is 0 Å². The fraction of sp³-hybridized carbons (Fsp3) is 0.0732. The number of nitrogens with zero attached hydrogens (tertiary/aromatic N) is 2. The van der Waals surface area contributed by atoms with Crippen LogP contribution in [-0.4, -0.2) is 9.97 Å². The van der Waals surface area contributed by atoms with Crippen molar-refractivity contribution >= 4 is 73.9 Å². The van der Waals surface area contributed by atoms with Crippen molar-refractivity contribution in [1.29, 1.82) is 0 Å². The highest BCUT2D eigenvalue weighted by atomic mass is 32.1. The minimum Gasteiger partial charge on any atom is -0.226 e. The van der Waals surface area contributed by atoms with Gasteiger partial charge in [0.2, 0.25) is 0 Å². The third kappa shape index (κ3) is 3.49. The molecule has 0 unspecified atom stereocenters. The first-order valence-electron chi connectivity index (χ1n) is 15.3. The van der Waals surface area contributed by atoms with Gasteiger partial charge in [0.1, 0.15) is 0 Å². The Balaban J connectivity index is 1.32. The summed E-state index contributed by atoms with van der Waals surface area (Å²) in [6, 6.07) is 44.1. The molecule has 0 saturated carbocycles. The SMILES string of the molecule is CC1(C)c2ccccc2-c2c1ccc1c2sc2c(-c3cccc4ccccc34)nc(-c3ccc4sc5ccccc5c4c3)nc21. The van der Waals surface area contributed by atoms with Gasteiger partial charge in [0.05, 0.1) is 15.9 Å². The van der Waals surface area contributed by atoms with Crippen molar-refractivity contribution in [1.82, 2.24) is 9.97 Å². The summed E-state index contributed by atoms with van der Waals surface area (Å²) in [5.41, 5.74) is 9.64. The Morgan fingerprint density at radius 1 is 0.533 bits per heavy atom. The maximum absolute atomic E-state index is 5.43. The van der Waals surface area contributed by atoms with E-state index in [4.69, 9.17) is 9.97 Å². The van der Waals surface area contributed by atoms with Gasteiger partial charge < -0.3 is 0 Å². The smallest absolute Gasteiger partial charge is 0.160 e. The lowest BCUT2D eigenvalue weighted by atomic mass is 9.82. The Labute approximate surface area is 268 Å². The molecule has 0 spiro atoms. The van der Waals surface area contributed by atoms with E-state index in [1.807, 2.05) is 22.7 Å². The molecule has 1 aliphatic carbocycles. The van der Waals surface area contributed by atoms with Crippen LogP contribution in [0.2, 0.25) is 0 Å². The summed E-state index contributed by atoms with van der Waals surface area (Å²) in [4.78, 5) is 10.8. The van der Waals surface area contributed by atoms with Gasteiger partial charge in [-0.1, -0.05) is 111 Å². The Morgan fingerprint density at radius 3 is 2.22 bits per heavy atom. The first-order valence-corrected chi connectivity index (χ1v) is 17.0. The first-order chi connectivity index (χ1) is 22.1. The van der Waals surface area contributed by atoms with E-state index >= 15 is 0 Å². The lowest BCUT2D eigenvalue weighted by molar-refractivity contribution is 0.661. The van der Waals surface area contributed by atoms with Crippen LogP contribution in [0, 0.1) is 0 Å². The Kier molecular flexibility index (Phi) is 5.13. The molecular formula is C41H26N2S2. The van der Waals surface area contributed by atoms with Crippen molar-refractivity contribution in [3.63, 3.8) is 0 Å². The molecule has 0 saturated heterocycles. The van der Waals surface area contributed by atoms with Gasteiger partial charge in [0.25, 0.3) is 0 Å². The van der Waals surface area contributed by atoms with Gasteiger partial charge in [0.15, 0.2) is 5.82 Å². The molecule has 0 aliphatic heterocycles. The Hall–Kier alpha value is -4.90. The van der Waals surface area contributed by atoms with E-state index in [2.05, 4.69) is 135 Å². The molecule has 10 rings (SSSR count). The monoisotopic (exact) mass is 610 g/mol. The Morgan fingerprint density at radius 2 is 1.29 bits per heavy atom. The van der Waals surface area contributed by atoms with Crippen LogP contribution in [0.1, 0.15) is 25.0 Å². The molecule has 45 heavy (non-hydrogen) atoms. The second kappa shape index (κ2) is 9.07. The number of fused-ring (bicyclic) bond motifs is 11. The van der Waals surface area contributed by atoms with Crippen molar-refractivity contribution in [2.24, 2.45) is 0 Å². The molecule has 9 aromatic rings. The minimum absolute atomic E-state index is 0.0513. The predicted octanol–water partition coefficient (Wildman–Crippen LogP) is 12.0. The third-order valence-electron chi connectivity index (χ3n) is 9.71. The van der Waals surface area contributed by atoms with Crippen LogP contribution >= 0.6 is 22.7 Å². The van der Waals surface area contributed by atoms with E-state index in [0.29, 0.717) is 0 Å². The minimum atomic E-state index is -0.0513. The zero-order chi connectivity index (χ0) is 29.9. The summed E-state index contributed by atoms with van der Waals surface area (Å²) in [7, 11) is 0. The lowest BCUT2D eigenvalue weighted by Gasteiger charge is -2.21. The van der Waals surface area contributed by atoms with Crippen LogP contribution in [-0.2, 0) is 5.41 Å². The van der Waals surface area contributed by atoms with Crippen molar-refractivity contribution in [2.75, 3.05) is 0 Å². The standard InChI is InChI=1S/C41H26N2S2/c1-41(2)31-16-7-5-14-28(31)35-32(41)20-19-29-37-39(45-38(29)35)36(27-15-9-11-23-10-3-4-12-25(23)27)42-40(43-37)24-18-21-34-30(22-24)26-13-6-8-17-33(26)44-34/h3-22H,1-2H3. The first kappa shape index (κ1) is 25.4. The number of hydrogen-bond acceptors (Lipinski definition) is 4. The molecule has 4 heteroatoms. The highest BCUT2D eigenvalue weighted by Gasteiger charge is 2.37. The summed E-state index contributed by atoms with van der Waals surface area (Å²) in [6.07, 6.45) is 0. The molecule has 0 bridgehead atoms. The van der Waals surface area contributed by atoms with Crippen LogP contribution in [0.4, 0.5) is 0 Å². The molecule has 0 amide bonds. The zero-order valence-electron chi connectivity index (χ0n) is 24.8. The van der Waals surface area contributed by atoms with Crippen LogP contribution in [0.3, 0.4) is 0 Å². The second-order valence-electron chi connectivity index (χ2n) is 12.5. The van der Waals surface area contributed by atoms with E-state index in [1.165, 1.54) is 63.3 Å². The van der Waals surface area contributed by atoms with E-state index in [-0.39, 0.29) is 5.41 Å². The fourth-order valence-corrected chi connectivity index (χ4v) is 9.89. The van der Waals surface area contributed by atoms with Gasteiger partial charge >= 0.3 is 0 Å². The number of aromatic nitrogens is 2. The van der Waals surface area contributed by atoms with E-state index in [0.717, 1.165) is 32.9 Å². The molecular weight excluding hydrogens is 585 g/mol. The number of thiophene rings is 2. The fourth-order valence-electron chi connectivity index (χ4n) is 7.50. The molecule has 3 aromatic heterocycles. The molecule has 2 nitrogen and oxygen atoms in total. The topological polar surface area (TPSA) is 25.8 Å². The average Bonchev–Trinajstić information content (AvgIpc) is 3.72. The van der Waals surface area contributed by atoms with Crippen LogP contribution < -0.4 is 0 Å². The molecule has 0 radical (unpaired) electrons. The maximum atomic E-state index is 5.43. The molecule has 212 valence electrons. The van der Waals surface area contributed by atoms with Gasteiger partial charge in [-0.25, -0.2) is 9.97 Å². The van der Waals surface area contributed by atoms with Crippen molar-refractivity contribution in [3.05, 3.63) is 132 Å². The number of rotatable bonds is 2. The quantitative estimate of drug-likeness (QED) is 0.195. The molecule has 1 aliphatic rings. The van der Waals surface area contributed by atoms with Gasteiger partial charge in [-0.15, -0.1) is 22.7 Å². The summed E-state index contributed by atoms with van der Waals surface area (Å²) in [5, 5.41) is 6.17. The molecule has 6 aromatic carbocycles. The third-order valence-corrected chi connectivity index (χ3v) is 12.1. The van der Waals surface area contributed by atoms with Gasteiger partial charge in [-0.05, 0) is 51.7 Å². The number of benzene rings is 6. The van der Waals surface area contributed by atoms with Gasteiger partial charge in [-0.3, -0.25) is 0 Å². The highest BCUT2D eigenvalue weighted by molar-refractivity contribution is 7.27. The molecule has 0 N–H and O–H groups in total. The summed E-state index contributed by atoms with van der Waals surface area (Å²) in [5.74, 6) is 0.767. The average molecular weight is 611 g/mol. The highest BCUT2D eigenvalue weighted by Crippen LogP contribution is 2.54. The molecule has 0 fully saturated rings. The predicted molar refractivity (Wildman–Crippen MR) is 194 cm³/mol. The van der Waals surface area contributed by atoms with E-state index in [1.54, 1.807) is 0 Å².